The summed E-state index contributed by atoms with van der Waals surface area (Å²) < 4.78 is 43.9. The van der Waals surface area contributed by atoms with Crippen LogP contribution >= 0.6 is 11.6 Å². The van der Waals surface area contributed by atoms with Crippen molar-refractivity contribution in [2.75, 3.05) is 33.9 Å². The zero-order chi connectivity index (χ0) is 25.6. The molecule has 10 nitrogen and oxygen atoms in total. The molecule has 35 heavy (non-hydrogen) atoms. The molecule has 0 radical (unpaired) electrons. The number of ether oxygens (including phenoxy) is 3. The topological polar surface area (TPSA) is 132 Å². The van der Waals surface area contributed by atoms with Crippen LogP contribution in [0.4, 0.5) is 4.79 Å². The van der Waals surface area contributed by atoms with Gasteiger partial charge in [0, 0.05) is 24.2 Å². The lowest BCUT2D eigenvalue weighted by Gasteiger charge is -2.27. The van der Waals surface area contributed by atoms with Gasteiger partial charge in [-0.2, -0.15) is 0 Å². The molecule has 3 amide bonds. The Hall–Kier alpha value is -3.18. The number of sulfonamides is 1. The van der Waals surface area contributed by atoms with E-state index in [1.807, 2.05) is 4.72 Å². The van der Waals surface area contributed by atoms with Gasteiger partial charge in [0.2, 0.25) is 0 Å². The van der Waals surface area contributed by atoms with Crippen LogP contribution in [0.3, 0.4) is 0 Å². The van der Waals surface area contributed by atoms with E-state index in [2.05, 4.69) is 10.6 Å². The molecule has 1 aliphatic rings. The number of fused-ring (bicyclic) bond motifs is 1. The van der Waals surface area contributed by atoms with Crippen molar-refractivity contribution in [3.05, 3.63) is 46.5 Å². The first kappa shape index (κ1) is 26.4. The number of methoxy groups -OCH3 is 2. The van der Waals surface area contributed by atoms with Crippen LogP contribution in [0.15, 0.2) is 35.2 Å². The van der Waals surface area contributed by atoms with Gasteiger partial charge in [-0.3, -0.25) is 4.79 Å². The number of benzene rings is 2. The van der Waals surface area contributed by atoms with Crippen LogP contribution in [0.2, 0.25) is 5.02 Å². The first-order valence-corrected chi connectivity index (χ1v) is 12.8. The Balaban J connectivity index is 1.79. The molecular formula is C23H28ClN3O7S. The van der Waals surface area contributed by atoms with Gasteiger partial charge in [0.05, 0.1) is 26.4 Å². The lowest BCUT2D eigenvalue weighted by Crippen LogP contribution is -2.39. The van der Waals surface area contributed by atoms with Crippen molar-refractivity contribution in [1.82, 2.24) is 15.4 Å². The Morgan fingerprint density at radius 3 is 2.54 bits per heavy atom. The Morgan fingerprint density at radius 1 is 1.11 bits per heavy atom. The number of amides is 3. The van der Waals surface area contributed by atoms with Gasteiger partial charge < -0.3 is 24.8 Å². The Kier molecular flexibility index (Phi) is 8.68. The average molecular weight is 526 g/mol. The first-order valence-electron chi connectivity index (χ1n) is 11.0. The van der Waals surface area contributed by atoms with Crippen molar-refractivity contribution in [1.29, 1.82) is 0 Å². The lowest BCUT2D eigenvalue weighted by molar-refractivity contribution is 0.0948. The Labute approximate surface area is 209 Å². The van der Waals surface area contributed by atoms with Gasteiger partial charge in [0.25, 0.3) is 15.9 Å². The maximum atomic E-state index is 12.9. The van der Waals surface area contributed by atoms with Crippen molar-refractivity contribution in [3.63, 3.8) is 0 Å². The SMILES string of the molecule is CCNC(=O)NS(=O)(=O)c1cc2c(cc1OC)OCCC2CCNC(=O)c1cc(Cl)ccc1OC. The molecule has 1 unspecified atom stereocenters. The zero-order valence-electron chi connectivity index (χ0n) is 19.6. The summed E-state index contributed by atoms with van der Waals surface area (Å²) in [6.07, 6.45) is 1.15. The molecule has 0 fully saturated rings. The predicted octanol–water partition coefficient (Wildman–Crippen LogP) is 3.05. The third-order valence-corrected chi connectivity index (χ3v) is 7.09. The molecule has 0 aromatic heterocycles. The minimum atomic E-state index is -4.20. The largest absolute Gasteiger partial charge is 0.496 e. The molecule has 3 rings (SSSR count). The average Bonchev–Trinajstić information content (AvgIpc) is 2.83. The minimum absolute atomic E-state index is 0.0579. The monoisotopic (exact) mass is 525 g/mol. The van der Waals surface area contributed by atoms with Gasteiger partial charge in [-0.25, -0.2) is 17.9 Å². The van der Waals surface area contributed by atoms with Crippen LogP contribution in [-0.2, 0) is 10.0 Å². The first-order chi connectivity index (χ1) is 16.7. The van der Waals surface area contributed by atoms with Gasteiger partial charge in [-0.1, -0.05) is 11.6 Å². The fourth-order valence-electron chi connectivity index (χ4n) is 3.82. The molecule has 1 heterocycles. The minimum Gasteiger partial charge on any atom is -0.496 e. The van der Waals surface area contributed by atoms with E-state index >= 15 is 0 Å². The van der Waals surface area contributed by atoms with E-state index in [4.69, 9.17) is 25.8 Å². The van der Waals surface area contributed by atoms with E-state index in [9.17, 15) is 18.0 Å². The number of carbonyl (C=O) groups excluding carboxylic acids is 2. The third kappa shape index (κ3) is 6.29. The maximum Gasteiger partial charge on any atom is 0.328 e. The molecular weight excluding hydrogens is 498 g/mol. The highest BCUT2D eigenvalue weighted by Crippen LogP contribution is 2.41. The summed E-state index contributed by atoms with van der Waals surface area (Å²) in [5, 5.41) is 5.67. The van der Waals surface area contributed by atoms with Gasteiger partial charge >= 0.3 is 6.03 Å². The third-order valence-electron chi connectivity index (χ3n) is 5.50. The summed E-state index contributed by atoms with van der Waals surface area (Å²) in [5.74, 6) is 0.538. The van der Waals surface area contributed by atoms with E-state index < -0.39 is 16.1 Å². The van der Waals surface area contributed by atoms with E-state index in [-0.39, 0.29) is 29.0 Å². The van der Waals surface area contributed by atoms with Gasteiger partial charge in [-0.15, -0.1) is 0 Å². The van der Waals surface area contributed by atoms with Crippen LogP contribution in [0, 0.1) is 0 Å². The van der Waals surface area contributed by atoms with Crippen LogP contribution in [0.5, 0.6) is 17.2 Å². The molecule has 3 N–H and O–H groups in total. The second-order valence-electron chi connectivity index (χ2n) is 7.73. The number of urea groups is 1. The standard InChI is InChI=1S/C23H28ClN3O7S/c1-4-25-23(29)27-35(30,31)21-12-16-14(8-10-34-19(16)13-20(21)33-3)7-9-26-22(28)17-11-15(24)5-6-18(17)32-2/h5-6,11-14H,4,7-10H2,1-3H3,(H,26,28)(H2,25,27,29). The Morgan fingerprint density at radius 2 is 1.86 bits per heavy atom. The molecule has 12 heteroatoms. The number of hydrogen-bond donors (Lipinski definition) is 3. The highest BCUT2D eigenvalue weighted by Gasteiger charge is 2.29. The van der Waals surface area contributed by atoms with Crippen LogP contribution in [0.1, 0.15) is 41.6 Å². The van der Waals surface area contributed by atoms with Crippen molar-refractivity contribution in [2.24, 2.45) is 0 Å². The summed E-state index contributed by atoms with van der Waals surface area (Å²) in [6, 6.07) is 6.92. The molecule has 0 aliphatic carbocycles. The summed E-state index contributed by atoms with van der Waals surface area (Å²) in [5.41, 5.74) is 0.977. The number of halogens is 1. The summed E-state index contributed by atoms with van der Waals surface area (Å²) >= 11 is 6.02. The lowest BCUT2D eigenvalue weighted by atomic mass is 9.90. The fraction of sp³-hybridized carbons (Fsp3) is 0.391. The van der Waals surface area contributed by atoms with Crippen molar-refractivity contribution < 1.29 is 32.2 Å². The van der Waals surface area contributed by atoms with Crippen LogP contribution < -0.4 is 29.6 Å². The summed E-state index contributed by atoms with van der Waals surface area (Å²) in [6.45, 7) is 2.70. The van der Waals surface area contributed by atoms with Crippen molar-refractivity contribution in [3.8, 4) is 17.2 Å². The molecule has 2 aromatic rings. The number of hydrogen-bond acceptors (Lipinski definition) is 7. The zero-order valence-corrected chi connectivity index (χ0v) is 21.2. The fourth-order valence-corrected chi connectivity index (χ4v) is 5.11. The smallest absolute Gasteiger partial charge is 0.328 e. The molecule has 1 atom stereocenters. The second kappa shape index (κ2) is 11.5. The van der Waals surface area contributed by atoms with Crippen molar-refractivity contribution in [2.45, 2.75) is 30.6 Å². The predicted molar refractivity (Wildman–Crippen MR) is 130 cm³/mol. The van der Waals surface area contributed by atoms with Gasteiger partial charge in [-0.05, 0) is 55.5 Å². The van der Waals surface area contributed by atoms with Gasteiger partial charge in [0.15, 0.2) is 0 Å². The van der Waals surface area contributed by atoms with E-state index in [0.29, 0.717) is 53.6 Å². The Bertz CT molecular complexity index is 1200. The van der Waals surface area contributed by atoms with Crippen molar-refractivity contribution >= 4 is 33.6 Å². The number of nitrogens with one attached hydrogen (secondary N) is 3. The molecule has 0 saturated heterocycles. The van der Waals surface area contributed by atoms with E-state index in [1.54, 1.807) is 19.1 Å². The van der Waals surface area contributed by atoms with Gasteiger partial charge in [0.1, 0.15) is 22.1 Å². The number of carbonyl (C=O) groups is 2. The molecule has 2 aromatic carbocycles. The van der Waals surface area contributed by atoms with Crippen LogP contribution in [-0.4, -0.2) is 54.3 Å². The summed E-state index contributed by atoms with van der Waals surface area (Å²) in [4.78, 5) is 24.3. The van der Waals surface area contributed by atoms with E-state index in [1.165, 1.54) is 32.4 Å². The molecule has 0 bridgehead atoms. The molecule has 1 aliphatic heterocycles. The normalized spacial score (nSPS) is 14.8. The van der Waals surface area contributed by atoms with E-state index in [0.717, 1.165) is 0 Å². The highest BCUT2D eigenvalue weighted by molar-refractivity contribution is 7.90. The molecule has 0 saturated carbocycles. The number of rotatable bonds is 9. The summed E-state index contributed by atoms with van der Waals surface area (Å²) in [7, 11) is -1.39. The van der Waals surface area contributed by atoms with Crippen LogP contribution in [0.25, 0.3) is 0 Å². The molecule has 190 valence electrons. The highest BCUT2D eigenvalue weighted by atomic mass is 35.5. The second-order valence-corrected chi connectivity index (χ2v) is 9.82. The molecule has 0 spiro atoms. The maximum absolute atomic E-state index is 12.9. The quantitative estimate of drug-likeness (QED) is 0.458.